The van der Waals surface area contributed by atoms with Crippen molar-refractivity contribution in [3.63, 3.8) is 0 Å². The van der Waals surface area contributed by atoms with E-state index in [-0.39, 0.29) is 11.7 Å². The molecule has 2 aromatic heterocycles. The number of hydrogen-bond acceptors (Lipinski definition) is 3. The number of thiophene rings is 1. The molecular formula is C14H12FN3OS. The van der Waals surface area contributed by atoms with Gasteiger partial charge >= 0.3 is 0 Å². The second-order valence-electron chi connectivity index (χ2n) is 4.46. The molecule has 0 radical (unpaired) electrons. The topological polar surface area (TPSA) is 49.0 Å². The molecule has 0 bridgehead atoms. The Bertz CT molecular complexity index is 751. The van der Waals surface area contributed by atoms with E-state index in [9.17, 15) is 9.18 Å². The van der Waals surface area contributed by atoms with Crippen LogP contribution in [0.15, 0.2) is 36.7 Å². The number of aromatic nitrogens is 2. The van der Waals surface area contributed by atoms with Gasteiger partial charge in [-0.3, -0.25) is 4.79 Å². The number of carbonyl (C=O) groups excluding carboxylic acids is 1. The highest BCUT2D eigenvalue weighted by molar-refractivity contribution is 7.20. The zero-order chi connectivity index (χ0) is 14.1. The third kappa shape index (κ3) is 2.30. The van der Waals surface area contributed by atoms with Gasteiger partial charge in [0.2, 0.25) is 0 Å². The van der Waals surface area contributed by atoms with E-state index in [0.29, 0.717) is 22.6 Å². The summed E-state index contributed by atoms with van der Waals surface area (Å²) in [6, 6.07) is 6.47. The van der Waals surface area contributed by atoms with Crippen molar-refractivity contribution in [2.24, 2.45) is 0 Å². The molecule has 0 aliphatic carbocycles. The quantitative estimate of drug-likeness (QED) is 0.805. The summed E-state index contributed by atoms with van der Waals surface area (Å²) in [6.07, 6.45) is 3.35. The number of hydrogen-bond donors (Lipinski definition) is 1. The summed E-state index contributed by atoms with van der Waals surface area (Å²) in [5.74, 6) is 0.279. The van der Waals surface area contributed by atoms with Crippen molar-refractivity contribution < 1.29 is 9.18 Å². The van der Waals surface area contributed by atoms with E-state index >= 15 is 0 Å². The van der Waals surface area contributed by atoms with Crippen LogP contribution in [0.25, 0.3) is 10.1 Å². The fourth-order valence-electron chi connectivity index (χ4n) is 2.00. The van der Waals surface area contributed by atoms with E-state index in [0.717, 1.165) is 4.70 Å². The molecule has 0 saturated heterocycles. The molecule has 3 rings (SSSR count). The van der Waals surface area contributed by atoms with Gasteiger partial charge in [-0.1, -0.05) is 6.07 Å². The molecule has 20 heavy (non-hydrogen) atoms. The Morgan fingerprint density at radius 3 is 3.05 bits per heavy atom. The van der Waals surface area contributed by atoms with Gasteiger partial charge in [-0.25, -0.2) is 9.37 Å². The smallest absolute Gasteiger partial charge is 0.264 e. The summed E-state index contributed by atoms with van der Waals surface area (Å²) >= 11 is 1.30. The van der Waals surface area contributed by atoms with Crippen LogP contribution in [0.5, 0.6) is 0 Å². The molecule has 1 aromatic carbocycles. The van der Waals surface area contributed by atoms with E-state index < -0.39 is 0 Å². The largest absolute Gasteiger partial charge is 0.347 e. The van der Waals surface area contributed by atoms with E-state index in [1.807, 2.05) is 6.07 Å². The number of nitrogens with zero attached hydrogens (tertiary/aromatic N) is 2. The Balaban J connectivity index is 1.86. The number of carbonyl (C=O) groups is 1. The molecule has 0 fully saturated rings. The maximum Gasteiger partial charge on any atom is 0.264 e. The molecule has 3 aromatic rings. The highest BCUT2D eigenvalue weighted by atomic mass is 32.1. The Morgan fingerprint density at radius 2 is 2.35 bits per heavy atom. The standard InChI is InChI=1S/C14H12FN3OS/c1-18(8-13-16-5-6-17-13)14(19)12-7-9-10(15)3-2-4-11(9)20-12/h2-7H,8H2,1H3,(H,16,17). The van der Waals surface area contributed by atoms with Crippen molar-refractivity contribution >= 4 is 27.3 Å². The number of halogens is 1. The van der Waals surface area contributed by atoms with E-state index in [2.05, 4.69) is 9.97 Å². The molecule has 0 unspecified atom stereocenters. The fraction of sp³-hybridized carbons (Fsp3) is 0.143. The van der Waals surface area contributed by atoms with Crippen LogP contribution in [-0.4, -0.2) is 27.8 Å². The van der Waals surface area contributed by atoms with Crippen LogP contribution in [0.4, 0.5) is 4.39 Å². The summed E-state index contributed by atoms with van der Waals surface area (Å²) in [7, 11) is 1.70. The first-order valence-electron chi connectivity index (χ1n) is 6.07. The van der Waals surface area contributed by atoms with Crippen molar-refractivity contribution in [2.45, 2.75) is 6.54 Å². The average molecular weight is 289 g/mol. The summed E-state index contributed by atoms with van der Waals surface area (Å²) in [5.41, 5.74) is 0. The molecule has 0 aliphatic heterocycles. The molecular weight excluding hydrogens is 277 g/mol. The fourth-order valence-corrected chi connectivity index (χ4v) is 3.07. The lowest BCUT2D eigenvalue weighted by molar-refractivity contribution is 0.0787. The van der Waals surface area contributed by atoms with Crippen LogP contribution in [0.2, 0.25) is 0 Å². The minimum absolute atomic E-state index is 0.137. The maximum absolute atomic E-state index is 13.6. The Hall–Kier alpha value is -2.21. The third-order valence-corrected chi connectivity index (χ3v) is 4.10. The van der Waals surface area contributed by atoms with E-state index in [4.69, 9.17) is 0 Å². The van der Waals surface area contributed by atoms with Crippen molar-refractivity contribution in [3.05, 3.63) is 53.2 Å². The van der Waals surface area contributed by atoms with Crippen LogP contribution in [0.3, 0.4) is 0 Å². The zero-order valence-electron chi connectivity index (χ0n) is 10.8. The van der Waals surface area contributed by atoms with Gasteiger partial charge in [0.25, 0.3) is 5.91 Å². The first-order valence-corrected chi connectivity index (χ1v) is 6.88. The molecule has 4 nitrogen and oxygen atoms in total. The average Bonchev–Trinajstić information content (AvgIpc) is 3.07. The molecule has 102 valence electrons. The highest BCUT2D eigenvalue weighted by Gasteiger charge is 2.17. The van der Waals surface area contributed by atoms with Gasteiger partial charge in [-0.2, -0.15) is 0 Å². The number of rotatable bonds is 3. The van der Waals surface area contributed by atoms with Gasteiger partial charge in [0.05, 0.1) is 11.4 Å². The van der Waals surface area contributed by atoms with E-state index in [1.165, 1.54) is 17.4 Å². The number of imidazole rings is 1. The molecule has 1 N–H and O–H groups in total. The van der Waals surface area contributed by atoms with Gasteiger partial charge < -0.3 is 9.88 Å². The van der Waals surface area contributed by atoms with Crippen LogP contribution in [0.1, 0.15) is 15.5 Å². The third-order valence-electron chi connectivity index (χ3n) is 3.01. The number of benzene rings is 1. The minimum Gasteiger partial charge on any atom is -0.347 e. The lowest BCUT2D eigenvalue weighted by Gasteiger charge is -2.14. The summed E-state index contributed by atoms with van der Waals surface area (Å²) in [5, 5.41) is 0.493. The number of aromatic amines is 1. The SMILES string of the molecule is CN(Cc1ncc[nH]1)C(=O)c1cc2c(F)cccc2s1. The molecule has 0 aliphatic rings. The van der Waals surface area contributed by atoms with Gasteiger partial charge in [0.15, 0.2) is 0 Å². The van der Waals surface area contributed by atoms with E-state index in [1.54, 1.807) is 36.5 Å². The number of amides is 1. The van der Waals surface area contributed by atoms with Crippen LogP contribution >= 0.6 is 11.3 Å². The number of fused-ring (bicyclic) bond motifs is 1. The molecule has 0 saturated carbocycles. The van der Waals surface area contributed by atoms with Gasteiger partial charge in [-0.15, -0.1) is 11.3 Å². The second-order valence-corrected chi connectivity index (χ2v) is 5.54. The normalized spacial score (nSPS) is 10.9. The second kappa shape index (κ2) is 5.05. The first kappa shape index (κ1) is 12.8. The lowest BCUT2D eigenvalue weighted by atomic mass is 10.2. The molecule has 0 spiro atoms. The van der Waals surface area contributed by atoms with Crippen LogP contribution in [-0.2, 0) is 6.54 Å². The van der Waals surface area contributed by atoms with Crippen molar-refractivity contribution in [3.8, 4) is 0 Å². The predicted molar refractivity (Wildman–Crippen MR) is 76.2 cm³/mol. The number of nitrogens with one attached hydrogen (secondary N) is 1. The summed E-state index contributed by atoms with van der Waals surface area (Å²) < 4.78 is 14.4. The monoisotopic (exact) mass is 289 g/mol. The first-order chi connectivity index (χ1) is 9.65. The molecule has 1 amide bonds. The molecule has 0 atom stereocenters. The van der Waals surface area contributed by atoms with Crippen molar-refractivity contribution in [2.75, 3.05) is 7.05 Å². The van der Waals surface area contributed by atoms with Crippen LogP contribution < -0.4 is 0 Å². The van der Waals surface area contributed by atoms with Gasteiger partial charge in [0, 0.05) is 29.5 Å². The highest BCUT2D eigenvalue weighted by Crippen LogP contribution is 2.28. The zero-order valence-corrected chi connectivity index (χ0v) is 11.6. The maximum atomic E-state index is 13.6. The van der Waals surface area contributed by atoms with Gasteiger partial charge in [0.1, 0.15) is 11.6 Å². The number of H-pyrrole nitrogens is 1. The Kier molecular flexibility index (Phi) is 3.23. The summed E-state index contributed by atoms with van der Waals surface area (Å²) in [4.78, 5) is 21.4. The molecule has 6 heteroatoms. The van der Waals surface area contributed by atoms with Crippen molar-refractivity contribution in [1.29, 1.82) is 0 Å². The Labute approximate surface area is 118 Å². The van der Waals surface area contributed by atoms with Crippen LogP contribution in [0, 0.1) is 5.82 Å². The lowest BCUT2D eigenvalue weighted by Crippen LogP contribution is -2.25. The minimum atomic E-state index is -0.300. The van der Waals surface area contributed by atoms with Gasteiger partial charge in [-0.05, 0) is 18.2 Å². The molecule has 2 heterocycles. The summed E-state index contributed by atoms with van der Waals surface area (Å²) in [6.45, 7) is 0.391. The Morgan fingerprint density at radius 1 is 1.50 bits per heavy atom. The van der Waals surface area contributed by atoms with Crippen molar-refractivity contribution in [1.82, 2.24) is 14.9 Å². The predicted octanol–water partition coefficient (Wildman–Crippen LogP) is 3.04.